The summed E-state index contributed by atoms with van der Waals surface area (Å²) < 4.78 is 5.87. The number of rotatable bonds is 2. The van der Waals surface area contributed by atoms with Crippen LogP contribution in [0.3, 0.4) is 0 Å². The lowest BCUT2D eigenvalue weighted by Gasteiger charge is -2.39. The molecule has 1 aromatic rings. The van der Waals surface area contributed by atoms with Crippen molar-refractivity contribution in [2.45, 2.75) is 51.6 Å². The smallest absolute Gasteiger partial charge is 0.338 e. The molecule has 3 nitrogen and oxygen atoms in total. The molecule has 2 aliphatic rings. The van der Waals surface area contributed by atoms with Crippen molar-refractivity contribution in [2.75, 3.05) is 0 Å². The van der Waals surface area contributed by atoms with E-state index in [2.05, 4.69) is 6.92 Å². The SMILES string of the molecule is C[C@]12CCC(=O)C=C1CCCC[C@@H]2OC(=O)c1ccccc1. The van der Waals surface area contributed by atoms with Crippen molar-refractivity contribution in [3.8, 4) is 0 Å². The zero-order chi connectivity index (χ0) is 15.6. The molecule has 0 heterocycles. The number of allylic oxidation sites excluding steroid dienone is 1. The van der Waals surface area contributed by atoms with Crippen LogP contribution in [0.5, 0.6) is 0 Å². The molecule has 3 heteroatoms. The van der Waals surface area contributed by atoms with Crippen LogP contribution in [0.4, 0.5) is 0 Å². The molecule has 22 heavy (non-hydrogen) atoms. The maximum atomic E-state index is 12.4. The van der Waals surface area contributed by atoms with Gasteiger partial charge in [0, 0.05) is 11.8 Å². The minimum absolute atomic E-state index is 0.137. The van der Waals surface area contributed by atoms with E-state index in [-0.39, 0.29) is 23.3 Å². The summed E-state index contributed by atoms with van der Waals surface area (Å²) in [5.74, 6) is -0.0486. The molecule has 116 valence electrons. The predicted octanol–water partition coefficient (Wildman–Crippen LogP) is 4.08. The molecular weight excluding hydrogens is 276 g/mol. The largest absolute Gasteiger partial charge is 0.458 e. The molecule has 1 fully saturated rings. The van der Waals surface area contributed by atoms with E-state index in [1.807, 2.05) is 18.2 Å². The van der Waals surface area contributed by atoms with Gasteiger partial charge in [-0.1, -0.05) is 30.7 Å². The topological polar surface area (TPSA) is 43.4 Å². The van der Waals surface area contributed by atoms with Crippen molar-refractivity contribution in [3.63, 3.8) is 0 Å². The average Bonchev–Trinajstić information content (AvgIpc) is 2.68. The average molecular weight is 298 g/mol. The number of carbonyl (C=O) groups is 2. The highest BCUT2D eigenvalue weighted by atomic mass is 16.5. The quantitative estimate of drug-likeness (QED) is 0.773. The Balaban J connectivity index is 1.84. The molecule has 0 amide bonds. The van der Waals surface area contributed by atoms with E-state index in [9.17, 15) is 9.59 Å². The lowest BCUT2D eigenvalue weighted by atomic mass is 9.69. The van der Waals surface area contributed by atoms with E-state index >= 15 is 0 Å². The van der Waals surface area contributed by atoms with Crippen molar-refractivity contribution in [3.05, 3.63) is 47.5 Å². The zero-order valence-electron chi connectivity index (χ0n) is 13.0. The first kappa shape index (κ1) is 15.0. The Morgan fingerprint density at radius 3 is 2.73 bits per heavy atom. The summed E-state index contributed by atoms with van der Waals surface area (Å²) in [6.07, 6.45) is 6.92. The van der Waals surface area contributed by atoms with Gasteiger partial charge in [-0.05, 0) is 50.3 Å². The van der Waals surface area contributed by atoms with Crippen molar-refractivity contribution in [2.24, 2.45) is 5.41 Å². The van der Waals surface area contributed by atoms with Gasteiger partial charge in [0.1, 0.15) is 6.10 Å². The fraction of sp³-hybridized carbons (Fsp3) is 0.474. The number of hydrogen-bond donors (Lipinski definition) is 0. The van der Waals surface area contributed by atoms with Gasteiger partial charge in [-0.3, -0.25) is 4.79 Å². The number of benzene rings is 1. The van der Waals surface area contributed by atoms with Crippen LogP contribution in [0.1, 0.15) is 55.8 Å². The van der Waals surface area contributed by atoms with Gasteiger partial charge in [0.05, 0.1) is 5.56 Å². The van der Waals surface area contributed by atoms with Crippen molar-refractivity contribution >= 4 is 11.8 Å². The van der Waals surface area contributed by atoms with E-state index in [0.717, 1.165) is 32.1 Å². The van der Waals surface area contributed by atoms with Crippen LogP contribution in [0.15, 0.2) is 42.0 Å². The van der Waals surface area contributed by atoms with Crippen LogP contribution in [-0.2, 0) is 9.53 Å². The Morgan fingerprint density at radius 1 is 1.18 bits per heavy atom. The molecule has 0 bridgehead atoms. The predicted molar refractivity (Wildman–Crippen MR) is 84.5 cm³/mol. The molecule has 0 spiro atoms. The number of fused-ring (bicyclic) bond motifs is 1. The Hall–Kier alpha value is -1.90. The van der Waals surface area contributed by atoms with Gasteiger partial charge >= 0.3 is 5.97 Å². The van der Waals surface area contributed by atoms with Gasteiger partial charge < -0.3 is 4.74 Å². The zero-order valence-corrected chi connectivity index (χ0v) is 13.0. The van der Waals surface area contributed by atoms with E-state index in [1.165, 1.54) is 5.57 Å². The Kier molecular flexibility index (Phi) is 4.14. The number of esters is 1. The normalized spacial score (nSPS) is 28.3. The van der Waals surface area contributed by atoms with Gasteiger partial charge in [0.15, 0.2) is 5.78 Å². The number of hydrogen-bond acceptors (Lipinski definition) is 3. The van der Waals surface area contributed by atoms with Crippen LogP contribution in [0.25, 0.3) is 0 Å². The van der Waals surface area contributed by atoms with Crippen LogP contribution < -0.4 is 0 Å². The summed E-state index contributed by atoms with van der Waals surface area (Å²) in [5.41, 5.74) is 1.58. The summed E-state index contributed by atoms with van der Waals surface area (Å²) in [5, 5.41) is 0. The summed E-state index contributed by atoms with van der Waals surface area (Å²) in [4.78, 5) is 24.1. The first-order valence-electron chi connectivity index (χ1n) is 8.09. The fourth-order valence-corrected chi connectivity index (χ4v) is 3.62. The third-order valence-corrected chi connectivity index (χ3v) is 5.09. The van der Waals surface area contributed by atoms with Gasteiger partial charge in [-0.15, -0.1) is 0 Å². The van der Waals surface area contributed by atoms with E-state index in [1.54, 1.807) is 18.2 Å². The van der Waals surface area contributed by atoms with Crippen molar-refractivity contribution in [1.29, 1.82) is 0 Å². The minimum atomic E-state index is -0.259. The summed E-state index contributed by atoms with van der Waals surface area (Å²) in [6.45, 7) is 2.15. The molecular formula is C19H22O3. The Bertz CT molecular complexity index is 602. The standard InChI is InChI=1S/C19H22O3/c1-19-12-11-16(20)13-15(19)9-5-6-10-17(19)22-18(21)14-7-3-2-4-8-14/h2-4,7-8,13,17H,5-6,9-12H2,1H3/t17-,19-/m0/s1. The third-order valence-electron chi connectivity index (χ3n) is 5.09. The molecule has 2 aliphatic carbocycles. The summed E-state index contributed by atoms with van der Waals surface area (Å²) >= 11 is 0. The number of ether oxygens (including phenoxy) is 1. The monoisotopic (exact) mass is 298 g/mol. The molecule has 0 unspecified atom stereocenters. The van der Waals surface area contributed by atoms with E-state index in [0.29, 0.717) is 12.0 Å². The first-order chi connectivity index (χ1) is 10.6. The molecule has 2 atom stereocenters. The fourth-order valence-electron chi connectivity index (χ4n) is 3.62. The second kappa shape index (κ2) is 6.07. The van der Waals surface area contributed by atoms with Gasteiger partial charge in [-0.2, -0.15) is 0 Å². The highest BCUT2D eigenvalue weighted by Gasteiger charge is 2.43. The molecule has 3 rings (SSSR count). The lowest BCUT2D eigenvalue weighted by Crippen LogP contribution is -2.39. The van der Waals surface area contributed by atoms with Crippen molar-refractivity contribution < 1.29 is 14.3 Å². The second-order valence-electron chi connectivity index (χ2n) is 6.56. The minimum Gasteiger partial charge on any atom is -0.458 e. The molecule has 0 aliphatic heterocycles. The lowest BCUT2D eigenvalue weighted by molar-refractivity contribution is -0.116. The van der Waals surface area contributed by atoms with Crippen LogP contribution in [0, 0.1) is 5.41 Å². The van der Waals surface area contributed by atoms with Crippen LogP contribution in [0.2, 0.25) is 0 Å². The number of ketones is 1. The van der Waals surface area contributed by atoms with E-state index in [4.69, 9.17) is 4.74 Å². The van der Waals surface area contributed by atoms with Crippen LogP contribution >= 0.6 is 0 Å². The van der Waals surface area contributed by atoms with Gasteiger partial charge in [0.25, 0.3) is 0 Å². The van der Waals surface area contributed by atoms with E-state index < -0.39 is 0 Å². The van der Waals surface area contributed by atoms with Gasteiger partial charge in [0.2, 0.25) is 0 Å². The molecule has 0 radical (unpaired) electrons. The van der Waals surface area contributed by atoms with Crippen molar-refractivity contribution in [1.82, 2.24) is 0 Å². The maximum Gasteiger partial charge on any atom is 0.338 e. The molecule has 0 saturated heterocycles. The molecule has 0 N–H and O–H groups in total. The Labute approximate surface area is 131 Å². The molecule has 0 aromatic heterocycles. The maximum absolute atomic E-state index is 12.4. The Morgan fingerprint density at radius 2 is 1.95 bits per heavy atom. The highest BCUT2D eigenvalue weighted by molar-refractivity contribution is 5.92. The molecule has 1 aromatic carbocycles. The number of carbonyl (C=O) groups excluding carboxylic acids is 2. The van der Waals surface area contributed by atoms with Crippen LogP contribution in [-0.4, -0.2) is 17.9 Å². The van der Waals surface area contributed by atoms with Gasteiger partial charge in [-0.25, -0.2) is 4.79 Å². The first-order valence-corrected chi connectivity index (χ1v) is 8.09. The third kappa shape index (κ3) is 2.85. The highest BCUT2D eigenvalue weighted by Crippen LogP contribution is 2.46. The second-order valence-corrected chi connectivity index (χ2v) is 6.56. The summed E-state index contributed by atoms with van der Waals surface area (Å²) in [7, 11) is 0. The molecule has 1 saturated carbocycles. The summed E-state index contributed by atoms with van der Waals surface area (Å²) in [6, 6.07) is 9.13.